The van der Waals surface area contributed by atoms with Crippen molar-refractivity contribution < 1.29 is 16.8 Å². The van der Waals surface area contributed by atoms with Gasteiger partial charge in [0.05, 0.1) is 9.92 Å². The summed E-state index contributed by atoms with van der Waals surface area (Å²) in [4.78, 5) is -0.0305. The van der Waals surface area contributed by atoms with E-state index in [0.29, 0.717) is 13.1 Å². The summed E-state index contributed by atoms with van der Waals surface area (Å²) in [5.41, 5.74) is 0.221. The van der Waals surface area contributed by atoms with E-state index in [1.54, 1.807) is 0 Å². The van der Waals surface area contributed by atoms with Gasteiger partial charge >= 0.3 is 0 Å². The number of nitrogens with one attached hydrogen (secondary N) is 1. The highest BCUT2D eigenvalue weighted by atomic mass is 35.5. The molecule has 0 aliphatic carbocycles. The van der Waals surface area contributed by atoms with Crippen molar-refractivity contribution in [3.05, 3.63) is 52.5 Å². The third kappa shape index (κ3) is 6.34. The zero-order chi connectivity index (χ0) is 22.4. The molecule has 0 radical (unpaired) electrons. The predicted molar refractivity (Wildman–Crippen MR) is 122 cm³/mol. The van der Waals surface area contributed by atoms with Crippen LogP contribution in [0, 0.1) is 0 Å². The number of unbranched alkanes of at least 4 members (excludes halogenated alkanes) is 2. The molecule has 2 aromatic rings. The van der Waals surface area contributed by atoms with Crippen LogP contribution in [0.4, 0.5) is 5.69 Å². The Morgan fingerprint density at radius 1 is 0.867 bits per heavy atom. The Morgan fingerprint density at radius 2 is 1.43 bits per heavy atom. The number of anilines is 1. The highest BCUT2D eigenvalue weighted by Gasteiger charge is 2.24. The number of halogens is 2. The molecule has 0 fully saturated rings. The molecule has 2 rings (SSSR count). The van der Waals surface area contributed by atoms with Gasteiger partial charge in [-0.05, 0) is 55.3 Å². The Kier molecular flexibility index (Phi) is 8.99. The van der Waals surface area contributed by atoms with Gasteiger partial charge in [-0.2, -0.15) is 4.31 Å². The average Bonchev–Trinajstić information content (AvgIpc) is 2.69. The first-order chi connectivity index (χ1) is 14.1. The van der Waals surface area contributed by atoms with E-state index in [2.05, 4.69) is 4.72 Å². The first-order valence-electron chi connectivity index (χ1n) is 9.70. The lowest BCUT2D eigenvalue weighted by atomic mass is 10.3. The molecule has 0 aromatic heterocycles. The molecule has 0 saturated heterocycles. The van der Waals surface area contributed by atoms with Crippen molar-refractivity contribution in [1.82, 2.24) is 4.31 Å². The molecule has 0 aliphatic heterocycles. The normalized spacial score (nSPS) is 12.3. The Balaban J connectivity index is 2.25. The number of benzene rings is 2. The number of hydrogen-bond donors (Lipinski definition) is 1. The maximum Gasteiger partial charge on any atom is 0.263 e. The van der Waals surface area contributed by atoms with Gasteiger partial charge in [0.25, 0.3) is 10.0 Å². The lowest BCUT2D eigenvalue weighted by Crippen LogP contribution is -2.33. The smallest absolute Gasteiger partial charge is 0.263 e. The number of hydrogen-bond acceptors (Lipinski definition) is 4. The third-order valence-electron chi connectivity index (χ3n) is 4.45. The molecule has 0 atom stereocenters. The molecule has 1 N–H and O–H groups in total. The SMILES string of the molecule is CCCCN(CCCC)S(=O)(=O)c1ccc(NS(=O)(=O)c2cc(Cl)ccc2Cl)cc1. The van der Waals surface area contributed by atoms with Gasteiger partial charge in [0.2, 0.25) is 10.0 Å². The Labute approximate surface area is 189 Å². The fraction of sp³-hybridized carbons (Fsp3) is 0.400. The van der Waals surface area contributed by atoms with Gasteiger partial charge in [0, 0.05) is 23.8 Å². The van der Waals surface area contributed by atoms with Crippen LogP contribution in [0.15, 0.2) is 52.3 Å². The van der Waals surface area contributed by atoms with E-state index in [-0.39, 0.29) is 25.5 Å². The second-order valence-electron chi connectivity index (χ2n) is 6.82. The van der Waals surface area contributed by atoms with Crippen molar-refractivity contribution in [2.75, 3.05) is 17.8 Å². The van der Waals surface area contributed by atoms with Crippen molar-refractivity contribution in [2.45, 2.75) is 49.3 Å². The summed E-state index contributed by atoms with van der Waals surface area (Å²) >= 11 is 11.9. The van der Waals surface area contributed by atoms with Crippen molar-refractivity contribution in [2.24, 2.45) is 0 Å². The van der Waals surface area contributed by atoms with Crippen LogP contribution in [-0.4, -0.2) is 34.2 Å². The molecule has 0 bridgehead atoms. The average molecular weight is 493 g/mol. The van der Waals surface area contributed by atoms with Crippen molar-refractivity contribution in [3.63, 3.8) is 0 Å². The quantitative estimate of drug-likeness (QED) is 0.455. The van der Waals surface area contributed by atoms with E-state index in [4.69, 9.17) is 23.2 Å². The minimum atomic E-state index is -3.98. The molecule has 0 heterocycles. The van der Waals surface area contributed by atoms with Crippen molar-refractivity contribution in [3.8, 4) is 0 Å². The number of rotatable bonds is 11. The summed E-state index contributed by atoms with van der Waals surface area (Å²) in [5.74, 6) is 0. The highest BCUT2D eigenvalue weighted by molar-refractivity contribution is 7.92. The molecule has 2 aromatic carbocycles. The van der Waals surface area contributed by atoms with Crippen LogP contribution in [0.25, 0.3) is 0 Å². The van der Waals surface area contributed by atoms with E-state index in [1.165, 1.54) is 46.8 Å². The monoisotopic (exact) mass is 492 g/mol. The molecule has 0 aliphatic rings. The summed E-state index contributed by atoms with van der Waals surface area (Å²) in [6.45, 7) is 4.94. The summed E-state index contributed by atoms with van der Waals surface area (Å²) in [6.07, 6.45) is 3.35. The summed E-state index contributed by atoms with van der Waals surface area (Å²) in [7, 11) is -7.63. The maximum atomic E-state index is 13.0. The molecule has 30 heavy (non-hydrogen) atoms. The molecule has 0 spiro atoms. The van der Waals surface area contributed by atoms with E-state index < -0.39 is 20.0 Å². The molecule has 0 amide bonds. The van der Waals surface area contributed by atoms with Crippen LogP contribution in [0.2, 0.25) is 10.0 Å². The number of sulfonamides is 2. The lowest BCUT2D eigenvalue weighted by molar-refractivity contribution is 0.395. The second kappa shape index (κ2) is 10.8. The largest absolute Gasteiger partial charge is 0.280 e. The van der Waals surface area contributed by atoms with E-state index >= 15 is 0 Å². The van der Waals surface area contributed by atoms with E-state index in [0.717, 1.165) is 25.7 Å². The van der Waals surface area contributed by atoms with Crippen LogP contribution in [0.3, 0.4) is 0 Å². The Bertz CT molecular complexity index is 1050. The fourth-order valence-electron chi connectivity index (χ4n) is 2.76. The first kappa shape index (κ1) is 24.9. The van der Waals surface area contributed by atoms with Crippen LogP contribution >= 0.6 is 23.2 Å². The molecule has 166 valence electrons. The van der Waals surface area contributed by atoms with Crippen LogP contribution in [-0.2, 0) is 20.0 Å². The lowest BCUT2D eigenvalue weighted by Gasteiger charge is -2.22. The van der Waals surface area contributed by atoms with Gasteiger partial charge < -0.3 is 0 Å². The van der Waals surface area contributed by atoms with Gasteiger partial charge in [0.1, 0.15) is 4.90 Å². The predicted octanol–water partition coefficient (Wildman–Crippen LogP) is 5.39. The zero-order valence-corrected chi connectivity index (χ0v) is 20.1. The van der Waals surface area contributed by atoms with Crippen LogP contribution < -0.4 is 4.72 Å². The summed E-state index contributed by atoms with van der Waals surface area (Å²) in [5, 5.41) is 0.272. The molecule has 10 heteroatoms. The van der Waals surface area contributed by atoms with Crippen molar-refractivity contribution >= 4 is 48.9 Å². The number of nitrogens with zero attached hydrogens (tertiary/aromatic N) is 1. The first-order valence-corrected chi connectivity index (χ1v) is 13.4. The molecule has 0 saturated carbocycles. The zero-order valence-electron chi connectivity index (χ0n) is 16.9. The topological polar surface area (TPSA) is 83.6 Å². The Hall–Kier alpha value is -1.32. The van der Waals surface area contributed by atoms with Crippen molar-refractivity contribution in [1.29, 1.82) is 0 Å². The molecular formula is C20H26Cl2N2O4S2. The standard InChI is InChI=1S/C20H26Cl2N2O4S2/c1-3-5-13-24(14-6-4-2)30(27,28)18-10-8-17(9-11-18)23-29(25,26)20-15-16(21)7-12-19(20)22/h7-12,15,23H,3-6,13-14H2,1-2H3. The van der Waals surface area contributed by atoms with Gasteiger partial charge in [-0.15, -0.1) is 0 Å². The minimum Gasteiger partial charge on any atom is -0.280 e. The maximum absolute atomic E-state index is 13.0. The Morgan fingerprint density at radius 3 is 1.97 bits per heavy atom. The van der Waals surface area contributed by atoms with Crippen LogP contribution in [0.1, 0.15) is 39.5 Å². The van der Waals surface area contributed by atoms with E-state index in [9.17, 15) is 16.8 Å². The minimum absolute atomic E-state index is 0.0357. The fourth-order valence-corrected chi connectivity index (χ4v) is 6.10. The highest BCUT2D eigenvalue weighted by Crippen LogP contribution is 2.27. The van der Waals surface area contributed by atoms with Gasteiger partial charge in [-0.1, -0.05) is 49.9 Å². The van der Waals surface area contributed by atoms with Crippen LogP contribution in [0.5, 0.6) is 0 Å². The van der Waals surface area contributed by atoms with Gasteiger partial charge in [-0.3, -0.25) is 4.72 Å². The summed E-state index contributed by atoms with van der Waals surface area (Å²) in [6, 6.07) is 9.78. The van der Waals surface area contributed by atoms with Gasteiger partial charge in [0.15, 0.2) is 0 Å². The summed E-state index contributed by atoms with van der Waals surface area (Å²) < 4.78 is 55.1. The molecule has 0 unspecified atom stereocenters. The molecular weight excluding hydrogens is 467 g/mol. The van der Waals surface area contributed by atoms with Gasteiger partial charge in [-0.25, -0.2) is 16.8 Å². The second-order valence-corrected chi connectivity index (χ2v) is 11.2. The third-order valence-corrected chi connectivity index (χ3v) is 8.46. The molecule has 6 nitrogen and oxygen atoms in total. The van der Waals surface area contributed by atoms with E-state index in [1.807, 2.05) is 13.8 Å².